The Labute approximate surface area is 82.7 Å². The molecule has 1 N–H and O–H groups in total. The van der Waals surface area contributed by atoms with Crippen LogP contribution in [0.1, 0.15) is 16.1 Å². The zero-order chi connectivity index (χ0) is 10.6. The Morgan fingerprint density at radius 2 is 2.21 bits per heavy atom. The van der Waals surface area contributed by atoms with Gasteiger partial charge in [-0.1, -0.05) is 6.07 Å². The summed E-state index contributed by atoms with van der Waals surface area (Å²) < 4.78 is 35.1. The van der Waals surface area contributed by atoms with Crippen LogP contribution in [0.4, 0.5) is 13.2 Å². The Morgan fingerprint density at radius 3 is 2.71 bits per heavy atom. The summed E-state index contributed by atoms with van der Waals surface area (Å²) in [5.41, 5.74) is 0. The quantitative estimate of drug-likeness (QED) is 0.837. The Bertz CT molecular complexity index is 294. The van der Waals surface area contributed by atoms with E-state index in [1.807, 2.05) is 0 Å². The number of alkyl halides is 3. The predicted octanol–water partition coefficient (Wildman–Crippen LogP) is 2.43. The maximum absolute atomic E-state index is 11.7. The monoisotopic (exact) mass is 223 g/mol. The van der Waals surface area contributed by atoms with E-state index in [0.717, 1.165) is 0 Å². The van der Waals surface area contributed by atoms with Gasteiger partial charge in [0.25, 0.3) is 5.91 Å². The first-order valence-electron chi connectivity index (χ1n) is 3.87. The lowest BCUT2D eigenvalue weighted by atomic mass is 10.4. The minimum atomic E-state index is -4.22. The second-order valence-electron chi connectivity index (χ2n) is 2.60. The van der Waals surface area contributed by atoms with Crippen LogP contribution in [0.3, 0.4) is 0 Å². The molecule has 0 unspecified atom stereocenters. The molecule has 0 saturated carbocycles. The second-order valence-corrected chi connectivity index (χ2v) is 3.55. The van der Waals surface area contributed by atoms with E-state index in [9.17, 15) is 18.0 Å². The number of carbonyl (C=O) groups is 1. The summed E-state index contributed by atoms with van der Waals surface area (Å²) in [7, 11) is 0. The third-order valence-electron chi connectivity index (χ3n) is 1.44. The minimum Gasteiger partial charge on any atom is -0.351 e. The number of nitrogens with one attached hydrogen (secondary N) is 1. The maximum atomic E-state index is 11.7. The van der Waals surface area contributed by atoms with E-state index in [2.05, 4.69) is 5.32 Å². The molecular formula is C8H8F3NOS. The molecule has 0 aliphatic heterocycles. The molecule has 0 spiro atoms. The van der Waals surface area contributed by atoms with Crippen molar-refractivity contribution in [3.63, 3.8) is 0 Å². The maximum Gasteiger partial charge on any atom is 0.390 e. The van der Waals surface area contributed by atoms with E-state index in [-0.39, 0.29) is 6.54 Å². The highest BCUT2D eigenvalue weighted by atomic mass is 32.1. The van der Waals surface area contributed by atoms with Crippen molar-refractivity contribution in [1.82, 2.24) is 5.32 Å². The minimum absolute atomic E-state index is 0.375. The van der Waals surface area contributed by atoms with Crippen LogP contribution >= 0.6 is 11.3 Å². The van der Waals surface area contributed by atoms with Gasteiger partial charge in [0.1, 0.15) is 0 Å². The summed E-state index contributed by atoms with van der Waals surface area (Å²) in [6, 6.07) is 3.23. The lowest BCUT2D eigenvalue weighted by molar-refractivity contribution is -0.132. The Kier molecular flexibility index (Phi) is 3.51. The molecule has 78 valence electrons. The average molecular weight is 223 g/mol. The average Bonchev–Trinajstić information content (AvgIpc) is 2.53. The summed E-state index contributed by atoms with van der Waals surface area (Å²) in [6.45, 7) is -0.375. The fourth-order valence-corrected chi connectivity index (χ4v) is 1.45. The highest BCUT2D eigenvalue weighted by molar-refractivity contribution is 7.12. The first-order valence-corrected chi connectivity index (χ1v) is 4.75. The molecule has 14 heavy (non-hydrogen) atoms. The van der Waals surface area contributed by atoms with E-state index < -0.39 is 18.5 Å². The first-order chi connectivity index (χ1) is 6.49. The normalized spacial score (nSPS) is 11.4. The lowest BCUT2D eigenvalue weighted by Gasteiger charge is -2.06. The van der Waals surface area contributed by atoms with E-state index >= 15 is 0 Å². The number of hydrogen-bond acceptors (Lipinski definition) is 2. The van der Waals surface area contributed by atoms with Gasteiger partial charge in [-0.2, -0.15) is 13.2 Å². The van der Waals surface area contributed by atoms with Crippen LogP contribution in [0.25, 0.3) is 0 Å². The van der Waals surface area contributed by atoms with Crippen LogP contribution < -0.4 is 5.32 Å². The smallest absolute Gasteiger partial charge is 0.351 e. The van der Waals surface area contributed by atoms with Gasteiger partial charge in [0, 0.05) is 6.54 Å². The molecule has 1 amide bonds. The van der Waals surface area contributed by atoms with E-state index in [1.54, 1.807) is 17.5 Å². The molecule has 0 aliphatic carbocycles. The number of amides is 1. The number of thiophene rings is 1. The number of hydrogen-bond donors (Lipinski definition) is 1. The topological polar surface area (TPSA) is 29.1 Å². The third kappa shape index (κ3) is 3.78. The molecule has 1 rings (SSSR count). The molecule has 0 radical (unpaired) electrons. The van der Waals surface area contributed by atoms with Gasteiger partial charge in [-0.05, 0) is 11.4 Å². The highest BCUT2D eigenvalue weighted by Gasteiger charge is 2.26. The Balaban J connectivity index is 2.30. The van der Waals surface area contributed by atoms with Crippen LogP contribution in [0.2, 0.25) is 0 Å². The summed E-state index contributed by atoms with van der Waals surface area (Å²) in [5, 5.41) is 3.89. The molecule has 1 aromatic heterocycles. The molecule has 0 bridgehead atoms. The van der Waals surface area contributed by atoms with Gasteiger partial charge >= 0.3 is 6.18 Å². The number of carbonyl (C=O) groups excluding carboxylic acids is 1. The standard InChI is InChI=1S/C8H8F3NOS/c9-8(10,11)3-4-12-7(13)6-2-1-5-14-6/h1-2,5H,3-4H2,(H,12,13). The van der Waals surface area contributed by atoms with Gasteiger partial charge in [-0.15, -0.1) is 11.3 Å². The number of rotatable bonds is 3. The summed E-state index contributed by atoms with van der Waals surface area (Å²) >= 11 is 1.20. The van der Waals surface area contributed by atoms with Crippen LogP contribution in [0.5, 0.6) is 0 Å². The Hall–Kier alpha value is -1.04. The van der Waals surface area contributed by atoms with Crippen molar-refractivity contribution in [2.24, 2.45) is 0 Å². The van der Waals surface area contributed by atoms with Crippen molar-refractivity contribution in [2.45, 2.75) is 12.6 Å². The van der Waals surface area contributed by atoms with E-state index in [0.29, 0.717) is 4.88 Å². The molecule has 0 atom stereocenters. The largest absolute Gasteiger partial charge is 0.390 e. The van der Waals surface area contributed by atoms with Crippen molar-refractivity contribution in [3.05, 3.63) is 22.4 Å². The molecule has 0 fully saturated rings. The van der Waals surface area contributed by atoms with Crippen molar-refractivity contribution < 1.29 is 18.0 Å². The van der Waals surface area contributed by atoms with Crippen molar-refractivity contribution in [2.75, 3.05) is 6.54 Å². The van der Waals surface area contributed by atoms with Crippen molar-refractivity contribution >= 4 is 17.2 Å². The van der Waals surface area contributed by atoms with Gasteiger partial charge < -0.3 is 5.32 Å². The molecule has 0 aromatic carbocycles. The summed E-state index contributed by atoms with van der Waals surface area (Å²) in [6.07, 6.45) is -5.22. The van der Waals surface area contributed by atoms with E-state index in [4.69, 9.17) is 0 Å². The van der Waals surface area contributed by atoms with Crippen LogP contribution in [-0.2, 0) is 0 Å². The highest BCUT2D eigenvalue weighted by Crippen LogP contribution is 2.18. The van der Waals surface area contributed by atoms with Gasteiger partial charge in [0.15, 0.2) is 0 Å². The molecular weight excluding hydrogens is 215 g/mol. The molecule has 2 nitrogen and oxygen atoms in total. The van der Waals surface area contributed by atoms with Crippen molar-refractivity contribution in [3.8, 4) is 0 Å². The first kappa shape index (κ1) is 11.0. The second kappa shape index (κ2) is 4.45. The van der Waals surface area contributed by atoms with Gasteiger partial charge in [0.05, 0.1) is 11.3 Å². The van der Waals surface area contributed by atoms with E-state index in [1.165, 1.54) is 11.3 Å². The van der Waals surface area contributed by atoms with Gasteiger partial charge in [0.2, 0.25) is 0 Å². The fourth-order valence-electron chi connectivity index (χ4n) is 0.813. The van der Waals surface area contributed by atoms with Crippen molar-refractivity contribution in [1.29, 1.82) is 0 Å². The molecule has 0 aliphatic rings. The molecule has 1 aromatic rings. The lowest BCUT2D eigenvalue weighted by Crippen LogP contribution is -2.27. The van der Waals surface area contributed by atoms with Crippen LogP contribution in [0.15, 0.2) is 17.5 Å². The zero-order valence-corrected chi connectivity index (χ0v) is 7.91. The third-order valence-corrected chi connectivity index (χ3v) is 2.31. The van der Waals surface area contributed by atoms with Gasteiger partial charge in [-0.3, -0.25) is 4.79 Å². The molecule has 6 heteroatoms. The number of halogens is 3. The predicted molar refractivity (Wildman–Crippen MR) is 47.3 cm³/mol. The van der Waals surface area contributed by atoms with Crippen LogP contribution in [0, 0.1) is 0 Å². The van der Waals surface area contributed by atoms with Crippen LogP contribution in [-0.4, -0.2) is 18.6 Å². The van der Waals surface area contributed by atoms with Gasteiger partial charge in [-0.25, -0.2) is 0 Å². The Morgan fingerprint density at radius 1 is 1.50 bits per heavy atom. The zero-order valence-electron chi connectivity index (χ0n) is 7.10. The molecule has 1 heterocycles. The molecule has 0 saturated heterocycles. The summed E-state index contributed by atoms with van der Waals surface area (Å²) in [4.78, 5) is 11.5. The summed E-state index contributed by atoms with van der Waals surface area (Å²) in [5.74, 6) is -0.454. The SMILES string of the molecule is O=C(NCCC(F)(F)F)c1cccs1. The fraction of sp³-hybridized carbons (Fsp3) is 0.375.